The van der Waals surface area contributed by atoms with Crippen LogP contribution in [0, 0.1) is 0 Å². The molecule has 0 rings (SSSR count). The summed E-state index contributed by atoms with van der Waals surface area (Å²) < 4.78 is 0. The van der Waals surface area contributed by atoms with Gasteiger partial charge in [-0.2, -0.15) is 0 Å². The topological polar surface area (TPSA) is 204 Å². The van der Waals surface area contributed by atoms with Crippen LogP contribution in [0.5, 0.6) is 0 Å². The van der Waals surface area contributed by atoms with Crippen LogP contribution in [0.4, 0.5) is 0 Å². The van der Waals surface area contributed by atoms with E-state index in [1.165, 1.54) is 0 Å². The minimum atomic E-state index is -1.72. The van der Waals surface area contributed by atoms with E-state index in [9.17, 15) is 15.0 Å². The molecule has 12 heteroatoms. The molecule has 0 spiro atoms. The highest BCUT2D eigenvalue weighted by Gasteiger charge is 2.31. The Labute approximate surface area is 99.7 Å². The van der Waals surface area contributed by atoms with Crippen LogP contribution in [-0.4, -0.2) is 47.3 Å². The van der Waals surface area contributed by atoms with Gasteiger partial charge in [0.15, 0.2) is 0 Å². The van der Waals surface area contributed by atoms with Crippen molar-refractivity contribution in [2.24, 2.45) is 15.3 Å². The number of azide groups is 3. The van der Waals surface area contributed by atoms with E-state index in [2.05, 4.69) is 30.1 Å². The molecule has 0 saturated carbocycles. The Morgan fingerprint density at radius 1 is 1.11 bits per heavy atom. The van der Waals surface area contributed by atoms with Crippen molar-refractivity contribution in [1.82, 2.24) is 0 Å². The van der Waals surface area contributed by atoms with E-state index in [1.54, 1.807) is 0 Å². The molecule has 0 amide bonds. The summed E-state index contributed by atoms with van der Waals surface area (Å²) in [5, 5.41) is 28.2. The third-order valence-electron chi connectivity index (χ3n) is 1.94. The second kappa shape index (κ2) is 8.65. The Morgan fingerprint density at radius 3 is 2.17 bits per heavy atom. The van der Waals surface area contributed by atoms with Crippen LogP contribution in [0.25, 0.3) is 31.3 Å². The number of aliphatic hydroxyl groups excluding tert-OH is 2. The quantitative estimate of drug-likeness (QED) is 0.276. The minimum Gasteiger partial charge on any atom is -0.392 e. The first-order valence-corrected chi connectivity index (χ1v) is 4.53. The normalized spacial score (nSPS) is 15.9. The molecule has 0 aliphatic carbocycles. The number of aldehydes is 1. The Balaban J connectivity index is 5.07. The van der Waals surface area contributed by atoms with E-state index in [1.807, 2.05) is 0 Å². The van der Waals surface area contributed by atoms with Crippen molar-refractivity contribution in [3.63, 3.8) is 0 Å². The molecule has 4 atom stereocenters. The summed E-state index contributed by atoms with van der Waals surface area (Å²) in [5.41, 5.74) is 24.5. The summed E-state index contributed by atoms with van der Waals surface area (Å²) in [6.45, 7) is -0.473. The molecule has 0 aromatic rings. The second-order valence-corrected chi connectivity index (χ2v) is 3.00. The zero-order valence-corrected chi connectivity index (χ0v) is 8.92. The number of hydrogen-bond donors (Lipinski definition) is 2. The molecule has 2 N–H and O–H groups in total. The summed E-state index contributed by atoms with van der Waals surface area (Å²) in [7, 11) is 0. The molecule has 0 unspecified atom stereocenters. The van der Waals surface area contributed by atoms with Crippen molar-refractivity contribution >= 4 is 6.29 Å². The largest absolute Gasteiger partial charge is 0.392 e. The highest BCUT2D eigenvalue weighted by Crippen LogP contribution is 2.12. The van der Waals surface area contributed by atoms with Crippen molar-refractivity contribution in [2.45, 2.75) is 24.3 Å². The van der Waals surface area contributed by atoms with Gasteiger partial charge in [0.2, 0.25) is 0 Å². The van der Waals surface area contributed by atoms with Crippen molar-refractivity contribution in [2.75, 3.05) is 6.54 Å². The molecule has 96 valence electrons. The fourth-order valence-corrected chi connectivity index (χ4v) is 1.10. The van der Waals surface area contributed by atoms with Gasteiger partial charge >= 0.3 is 0 Å². The first kappa shape index (κ1) is 15.5. The molecule has 0 fully saturated rings. The average Bonchev–Trinajstić information content (AvgIpc) is 2.38. The predicted octanol–water partition coefficient (Wildman–Crippen LogP) is 0.575. The number of nitrogens with zero attached hydrogens (tertiary/aromatic N) is 9. The molecule has 0 aliphatic heterocycles. The van der Waals surface area contributed by atoms with Crippen LogP contribution in [0.1, 0.15) is 0 Å². The van der Waals surface area contributed by atoms with Crippen LogP contribution in [0.3, 0.4) is 0 Å². The van der Waals surface area contributed by atoms with Crippen LogP contribution < -0.4 is 0 Å². The van der Waals surface area contributed by atoms with E-state index < -0.39 is 30.8 Å². The van der Waals surface area contributed by atoms with Gasteiger partial charge in [-0.25, -0.2) is 0 Å². The molecule has 0 aliphatic rings. The molecule has 12 nitrogen and oxygen atoms in total. The lowest BCUT2D eigenvalue weighted by atomic mass is 10.0. The van der Waals surface area contributed by atoms with Crippen LogP contribution in [0.15, 0.2) is 15.3 Å². The van der Waals surface area contributed by atoms with Crippen LogP contribution in [0.2, 0.25) is 0 Å². The lowest BCUT2D eigenvalue weighted by Gasteiger charge is -2.23. The van der Waals surface area contributed by atoms with Gasteiger partial charge in [0.25, 0.3) is 0 Å². The van der Waals surface area contributed by atoms with Gasteiger partial charge in [0.05, 0.1) is 24.8 Å². The predicted molar refractivity (Wildman–Crippen MR) is 58.0 cm³/mol. The SMILES string of the molecule is [N-]=[N+]=NC[C@@H](O)[C@H](N=[N+]=[N-])[C@H](O)[C@H](C=O)N=[N+]=[N-]. The zero-order chi connectivity index (χ0) is 14.0. The first-order valence-electron chi connectivity index (χ1n) is 4.53. The molecular weight excluding hydrogens is 246 g/mol. The van der Waals surface area contributed by atoms with E-state index in [-0.39, 0.29) is 6.29 Å². The van der Waals surface area contributed by atoms with Crippen molar-refractivity contribution in [3.05, 3.63) is 31.3 Å². The maximum absolute atomic E-state index is 10.6. The fourth-order valence-electron chi connectivity index (χ4n) is 1.10. The van der Waals surface area contributed by atoms with Crippen molar-refractivity contribution in [3.8, 4) is 0 Å². The second-order valence-electron chi connectivity index (χ2n) is 3.00. The Kier molecular flexibility index (Phi) is 7.46. The minimum absolute atomic E-state index is 0.143. The van der Waals surface area contributed by atoms with Gasteiger partial charge in [-0.05, 0) is 16.6 Å². The van der Waals surface area contributed by atoms with Crippen LogP contribution in [-0.2, 0) is 4.79 Å². The van der Waals surface area contributed by atoms with E-state index >= 15 is 0 Å². The van der Waals surface area contributed by atoms with Gasteiger partial charge in [-0.1, -0.05) is 15.3 Å². The standard InChI is InChI=1S/C6H9N9O3/c7-13-10-1-4(17)5(12-15-9)6(18)3(2-16)11-14-8/h2-6,17-18H,1H2/t3-,4+,5-,6+/m0/s1. The summed E-state index contributed by atoms with van der Waals surface area (Å²) >= 11 is 0. The van der Waals surface area contributed by atoms with E-state index in [0.717, 1.165) is 0 Å². The van der Waals surface area contributed by atoms with Gasteiger partial charge < -0.3 is 15.0 Å². The molecule has 0 aromatic heterocycles. The average molecular weight is 255 g/mol. The van der Waals surface area contributed by atoms with E-state index in [4.69, 9.17) is 16.6 Å². The smallest absolute Gasteiger partial charge is 0.131 e. The number of aliphatic hydroxyl groups is 2. The number of hydrogen-bond acceptors (Lipinski definition) is 6. The molecular formula is C6H9N9O3. The number of rotatable bonds is 8. The van der Waals surface area contributed by atoms with Gasteiger partial charge in [0.1, 0.15) is 12.3 Å². The molecule has 0 aromatic carbocycles. The monoisotopic (exact) mass is 255 g/mol. The summed E-state index contributed by atoms with van der Waals surface area (Å²) in [6.07, 6.45) is -3.09. The third-order valence-corrected chi connectivity index (χ3v) is 1.94. The van der Waals surface area contributed by atoms with Gasteiger partial charge in [0, 0.05) is 14.7 Å². The highest BCUT2D eigenvalue weighted by molar-refractivity contribution is 5.59. The first-order chi connectivity index (χ1) is 8.62. The summed E-state index contributed by atoms with van der Waals surface area (Å²) in [4.78, 5) is 17.6. The molecule has 18 heavy (non-hydrogen) atoms. The third kappa shape index (κ3) is 4.58. The molecule has 0 bridgehead atoms. The lowest BCUT2D eigenvalue weighted by Crippen LogP contribution is -2.44. The summed E-state index contributed by atoms with van der Waals surface area (Å²) in [5.74, 6) is 0. The zero-order valence-electron chi connectivity index (χ0n) is 8.92. The Bertz CT molecular complexity index is 420. The van der Waals surface area contributed by atoms with Crippen molar-refractivity contribution < 1.29 is 15.0 Å². The Morgan fingerprint density at radius 2 is 1.72 bits per heavy atom. The van der Waals surface area contributed by atoms with Gasteiger partial charge in [-0.15, -0.1) is 0 Å². The molecule has 0 heterocycles. The van der Waals surface area contributed by atoms with E-state index in [0.29, 0.717) is 0 Å². The van der Waals surface area contributed by atoms with Gasteiger partial charge in [-0.3, -0.25) is 0 Å². The Hall–Kier alpha value is -2.48. The summed E-state index contributed by atoms with van der Waals surface area (Å²) in [6, 6.07) is -3.01. The lowest BCUT2D eigenvalue weighted by molar-refractivity contribution is -0.111. The molecule has 0 radical (unpaired) electrons. The molecule has 0 saturated heterocycles. The van der Waals surface area contributed by atoms with Crippen LogP contribution >= 0.6 is 0 Å². The number of carbonyl (C=O) groups is 1. The number of carbonyl (C=O) groups excluding carboxylic acids is 1. The maximum atomic E-state index is 10.6. The maximum Gasteiger partial charge on any atom is 0.131 e. The highest BCUT2D eigenvalue weighted by atomic mass is 16.3. The van der Waals surface area contributed by atoms with Crippen molar-refractivity contribution in [1.29, 1.82) is 0 Å². The fraction of sp³-hybridized carbons (Fsp3) is 0.833.